The molecule has 4 heterocycles. The van der Waals surface area contributed by atoms with E-state index in [1.54, 1.807) is 0 Å². The van der Waals surface area contributed by atoms with Gasteiger partial charge in [-0.05, 0) is 124 Å². The van der Waals surface area contributed by atoms with Crippen LogP contribution in [0.25, 0.3) is 43.8 Å². The number of hydrogen-bond acceptors (Lipinski definition) is 4. The molecule has 0 bridgehead atoms. The van der Waals surface area contributed by atoms with Gasteiger partial charge in [0.05, 0.1) is 11.2 Å². The number of anilines is 8. The summed E-state index contributed by atoms with van der Waals surface area (Å²) in [5.74, 6) is 0. The Kier molecular flexibility index (Phi) is 7.68. The zero-order chi connectivity index (χ0) is 43.0. The molecule has 4 nitrogen and oxygen atoms in total. The number of hydrogen-bond donors (Lipinski definition) is 0. The fourth-order valence-corrected chi connectivity index (χ4v) is 12.8. The van der Waals surface area contributed by atoms with Crippen molar-refractivity contribution in [2.45, 2.75) is 50.5 Å². The molecule has 3 aliphatic heterocycles. The van der Waals surface area contributed by atoms with Gasteiger partial charge in [0.1, 0.15) is 5.58 Å². The zero-order valence-corrected chi connectivity index (χ0v) is 36.6. The van der Waals surface area contributed by atoms with E-state index in [0.717, 1.165) is 44.7 Å². The lowest BCUT2D eigenvalue weighted by atomic mass is 9.33. The monoisotopic (exact) mass is 835 g/mol. The minimum Gasteiger partial charge on any atom is -0.454 e. The summed E-state index contributed by atoms with van der Waals surface area (Å²) in [5, 5.41) is 4.69. The second-order valence-electron chi connectivity index (χ2n) is 19.1. The van der Waals surface area contributed by atoms with Gasteiger partial charge in [-0.15, -0.1) is 0 Å². The smallest absolute Gasteiger partial charge is 0.252 e. The number of benzene rings is 9. The minimum absolute atomic E-state index is 0.00968. The van der Waals surface area contributed by atoms with Crippen molar-refractivity contribution in [2.24, 2.45) is 0 Å². The average molecular weight is 836 g/mol. The van der Waals surface area contributed by atoms with Gasteiger partial charge in [-0.1, -0.05) is 153 Å². The van der Waals surface area contributed by atoms with Crippen molar-refractivity contribution in [1.29, 1.82) is 0 Å². The van der Waals surface area contributed by atoms with E-state index in [4.69, 9.17) is 4.42 Å². The molecule has 4 aliphatic rings. The molecule has 14 rings (SSSR count). The number of nitrogens with zero attached hydrogens (tertiary/aromatic N) is 3. The van der Waals surface area contributed by atoms with E-state index in [1.165, 1.54) is 92.3 Å². The highest BCUT2D eigenvalue weighted by Gasteiger charge is 2.61. The third-order valence-corrected chi connectivity index (χ3v) is 16.0. The van der Waals surface area contributed by atoms with E-state index in [0.29, 0.717) is 0 Å². The molecule has 2 atom stereocenters. The standard InChI is InChI=1S/C60H46BN3O/c1-59-35-10-11-36-60(59,2)64-52-30-16-29-51-56(52)61(50-28-15-27-48(59)57(50)64)49-34-33-43(38-54(49)63(51)41-20-4-3-5-21-41)62(53-31-14-26-47-46-24-8-9-32-55(46)65-58(47)53)42-22-12-19-40(37-42)45-25-13-18-39-17-6-7-23-44(39)45/h3-9,12-34,37-38H,10-11,35-36H2,1-2H3. The Balaban J connectivity index is 1.03. The average Bonchev–Trinajstić information content (AvgIpc) is 3.84. The van der Waals surface area contributed by atoms with Gasteiger partial charge in [-0.2, -0.15) is 0 Å². The summed E-state index contributed by atoms with van der Waals surface area (Å²) in [7, 11) is 0. The van der Waals surface area contributed by atoms with E-state index < -0.39 is 0 Å². The highest BCUT2D eigenvalue weighted by molar-refractivity contribution is 7.00. The zero-order valence-electron chi connectivity index (χ0n) is 36.6. The first kappa shape index (κ1) is 36.9. The lowest BCUT2D eigenvalue weighted by Gasteiger charge is -2.52. The molecule has 1 fully saturated rings. The maximum absolute atomic E-state index is 6.85. The first-order valence-corrected chi connectivity index (χ1v) is 23.3. The van der Waals surface area contributed by atoms with Crippen molar-refractivity contribution in [3.63, 3.8) is 0 Å². The summed E-state index contributed by atoms with van der Waals surface area (Å²) in [6, 6.07) is 71.9. The molecular formula is C60H46BN3O. The largest absolute Gasteiger partial charge is 0.454 e. The Bertz CT molecular complexity index is 3590. The SMILES string of the molecule is CC12CCCCC1(C)N1c3cccc4c3B(c3ccc(N(c5cccc(-c6cccc7ccccc67)c5)c5cccc6c5oc5ccccc56)cc3N4c3ccccc3)c3cccc2c31. The summed E-state index contributed by atoms with van der Waals surface area (Å²) in [6.45, 7) is 5.19. The molecule has 0 amide bonds. The maximum atomic E-state index is 6.85. The van der Waals surface area contributed by atoms with Crippen molar-refractivity contribution < 1.29 is 4.42 Å². The van der Waals surface area contributed by atoms with Gasteiger partial charge >= 0.3 is 0 Å². The van der Waals surface area contributed by atoms with Crippen LogP contribution >= 0.6 is 0 Å². The van der Waals surface area contributed by atoms with Crippen LogP contribution in [-0.2, 0) is 5.41 Å². The summed E-state index contributed by atoms with van der Waals surface area (Å²) in [5.41, 5.74) is 19.4. The molecule has 0 radical (unpaired) electrons. The number of furan rings is 1. The highest BCUT2D eigenvalue weighted by Crippen LogP contribution is 2.61. The van der Waals surface area contributed by atoms with Gasteiger partial charge in [0, 0.05) is 56.0 Å². The Labute approximate surface area is 380 Å². The molecule has 2 unspecified atom stereocenters. The summed E-state index contributed by atoms with van der Waals surface area (Å²) in [4.78, 5) is 7.76. The van der Waals surface area contributed by atoms with Gasteiger partial charge in [-0.3, -0.25) is 0 Å². The first-order valence-electron chi connectivity index (χ1n) is 23.3. The van der Waals surface area contributed by atoms with Crippen molar-refractivity contribution in [3.05, 3.63) is 200 Å². The Morgan fingerprint density at radius 2 is 1.28 bits per heavy atom. The fraction of sp³-hybridized carbons (Fsp3) is 0.133. The molecule has 0 N–H and O–H groups in total. The van der Waals surface area contributed by atoms with E-state index in [1.807, 2.05) is 0 Å². The fourth-order valence-electron chi connectivity index (χ4n) is 12.8. The van der Waals surface area contributed by atoms with Crippen LogP contribution in [0.5, 0.6) is 0 Å². The minimum atomic E-state index is -0.00968. The van der Waals surface area contributed by atoms with Crippen LogP contribution in [0.1, 0.15) is 45.1 Å². The predicted molar refractivity (Wildman–Crippen MR) is 273 cm³/mol. The van der Waals surface area contributed by atoms with E-state index in [-0.39, 0.29) is 17.7 Å². The second-order valence-corrected chi connectivity index (χ2v) is 19.1. The third-order valence-electron chi connectivity index (χ3n) is 16.0. The van der Waals surface area contributed by atoms with Crippen LogP contribution in [0.4, 0.5) is 45.5 Å². The molecular weight excluding hydrogens is 789 g/mol. The Morgan fingerprint density at radius 3 is 2.20 bits per heavy atom. The summed E-state index contributed by atoms with van der Waals surface area (Å²) < 4.78 is 6.85. The van der Waals surface area contributed by atoms with E-state index in [2.05, 4.69) is 223 Å². The number of rotatable bonds is 5. The molecule has 65 heavy (non-hydrogen) atoms. The van der Waals surface area contributed by atoms with Crippen LogP contribution in [0.3, 0.4) is 0 Å². The molecule has 10 aromatic rings. The molecule has 0 saturated heterocycles. The van der Waals surface area contributed by atoms with Gasteiger partial charge in [0.2, 0.25) is 0 Å². The predicted octanol–water partition coefficient (Wildman–Crippen LogP) is 14.2. The van der Waals surface area contributed by atoms with Gasteiger partial charge in [0.15, 0.2) is 5.58 Å². The summed E-state index contributed by atoms with van der Waals surface area (Å²) >= 11 is 0. The maximum Gasteiger partial charge on any atom is 0.252 e. The number of fused-ring (bicyclic) bond motifs is 11. The van der Waals surface area contributed by atoms with Crippen LogP contribution in [0, 0.1) is 0 Å². The Hall–Kier alpha value is -7.50. The second kappa shape index (κ2) is 13.5. The summed E-state index contributed by atoms with van der Waals surface area (Å²) in [6.07, 6.45) is 4.93. The van der Waals surface area contributed by atoms with Crippen LogP contribution in [0.15, 0.2) is 199 Å². The van der Waals surface area contributed by atoms with Crippen molar-refractivity contribution >= 4 is 101 Å². The number of para-hydroxylation sites is 4. The quantitative estimate of drug-likeness (QED) is 0.161. The van der Waals surface area contributed by atoms with Crippen molar-refractivity contribution in [1.82, 2.24) is 0 Å². The molecule has 5 heteroatoms. The Morgan fingerprint density at radius 1 is 0.554 bits per heavy atom. The highest BCUT2D eigenvalue weighted by atomic mass is 16.3. The van der Waals surface area contributed by atoms with Gasteiger partial charge < -0.3 is 19.1 Å². The first-order chi connectivity index (χ1) is 32.0. The van der Waals surface area contributed by atoms with Gasteiger partial charge in [-0.25, -0.2) is 0 Å². The molecule has 1 aliphatic carbocycles. The normalized spacial score (nSPS) is 19.0. The lowest BCUT2D eigenvalue weighted by molar-refractivity contribution is 0.195. The third kappa shape index (κ3) is 4.98. The van der Waals surface area contributed by atoms with E-state index >= 15 is 0 Å². The molecule has 1 aromatic heterocycles. The molecule has 0 spiro atoms. The van der Waals surface area contributed by atoms with Crippen molar-refractivity contribution in [3.8, 4) is 11.1 Å². The van der Waals surface area contributed by atoms with Crippen molar-refractivity contribution in [2.75, 3.05) is 14.7 Å². The van der Waals surface area contributed by atoms with E-state index in [9.17, 15) is 0 Å². The van der Waals surface area contributed by atoms with Crippen LogP contribution in [-0.4, -0.2) is 12.3 Å². The van der Waals surface area contributed by atoms with Crippen LogP contribution < -0.4 is 31.1 Å². The molecule has 9 aromatic carbocycles. The lowest BCUT2D eigenvalue weighted by Crippen LogP contribution is -2.64. The van der Waals surface area contributed by atoms with Gasteiger partial charge in [0.25, 0.3) is 6.71 Å². The molecule has 1 saturated carbocycles. The molecule has 310 valence electrons. The van der Waals surface area contributed by atoms with Crippen LogP contribution in [0.2, 0.25) is 0 Å². The topological polar surface area (TPSA) is 22.9 Å².